The number of nitrogen functional groups attached to an aromatic ring is 1. The summed E-state index contributed by atoms with van der Waals surface area (Å²) in [7, 11) is 0. The van der Waals surface area contributed by atoms with Crippen molar-refractivity contribution in [3.8, 4) is 0 Å². The molecule has 1 saturated heterocycles. The van der Waals surface area contributed by atoms with E-state index >= 15 is 0 Å². The van der Waals surface area contributed by atoms with E-state index in [1.807, 2.05) is 6.07 Å². The number of nitrogens with one attached hydrogen (secondary N) is 1. The van der Waals surface area contributed by atoms with Gasteiger partial charge in [0, 0.05) is 31.1 Å². The first-order valence-electron chi connectivity index (χ1n) is 6.31. The van der Waals surface area contributed by atoms with Crippen molar-refractivity contribution in [2.75, 3.05) is 32.0 Å². The van der Waals surface area contributed by atoms with E-state index < -0.39 is 0 Å². The van der Waals surface area contributed by atoms with E-state index in [-0.39, 0.29) is 5.56 Å². The Morgan fingerprint density at radius 1 is 1.37 bits per heavy atom. The highest BCUT2D eigenvalue weighted by Gasteiger charge is 2.13. The topological polar surface area (TPSA) is 84.2 Å². The standard InChI is InChI=1S/C13H16N4O2/c14-11-2-1-10-9(7-12(18)16-13(10)15-11)8-17-3-5-19-6-4-17/h1-2,7H,3-6,8H2,(H3,14,15,16,18). The third kappa shape index (κ3) is 2.59. The van der Waals surface area contributed by atoms with Crippen LogP contribution < -0.4 is 11.3 Å². The van der Waals surface area contributed by atoms with Crippen LogP contribution in [0.25, 0.3) is 11.0 Å². The second kappa shape index (κ2) is 4.99. The van der Waals surface area contributed by atoms with Crippen LogP contribution in [-0.4, -0.2) is 41.2 Å². The molecule has 0 saturated carbocycles. The lowest BCUT2D eigenvalue weighted by Gasteiger charge is -2.26. The number of rotatable bonds is 2. The van der Waals surface area contributed by atoms with Gasteiger partial charge in [-0.25, -0.2) is 4.98 Å². The lowest BCUT2D eigenvalue weighted by Crippen LogP contribution is -2.36. The van der Waals surface area contributed by atoms with Crippen LogP contribution in [0.3, 0.4) is 0 Å². The Labute approximate surface area is 110 Å². The summed E-state index contributed by atoms with van der Waals surface area (Å²) >= 11 is 0. The van der Waals surface area contributed by atoms with Gasteiger partial charge in [0.15, 0.2) is 0 Å². The zero-order valence-corrected chi connectivity index (χ0v) is 10.6. The van der Waals surface area contributed by atoms with E-state index in [1.165, 1.54) is 0 Å². The van der Waals surface area contributed by atoms with Gasteiger partial charge in [0.05, 0.1) is 13.2 Å². The first-order chi connectivity index (χ1) is 9.22. The Balaban J connectivity index is 1.99. The highest BCUT2D eigenvalue weighted by atomic mass is 16.5. The van der Waals surface area contributed by atoms with Crippen LogP contribution in [0.5, 0.6) is 0 Å². The molecule has 6 nitrogen and oxygen atoms in total. The van der Waals surface area contributed by atoms with Gasteiger partial charge in [0.2, 0.25) is 5.56 Å². The summed E-state index contributed by atoms with van der Waals surface area (Å²) in [6.07, 6.45) is 0. The monoisotopic (exact) mass is 260 g/mol. The molecule has 0 atom stereocenters. The van der Waals surface area contributed by atoms with E-state index in [1.54, 1.807) is 12.1 Å². The molecule has 0 aliphatic carbocycles. The fourth-order valence-corrected chi connectivity index (χ4v) is 2.35. The van der Waals surface area contributed by atoms with Crippen LogP contribution >= 0.6 is 0 Å². The molecule has 19 heavy (non-hydrogen) atoms. The molecular formula is C13H16N4O2. The molecule has 100 valence electrons. The summed E-state index contributed by atoms with van der Waals surface area (Å²) in [5, 5.41) is 0.945. The van der Waals surface area contributed by atoms with Crippen LogP contribution in [0.4, 0.5) is 5.82 Å². The molecule has 3 heterocycles. The number of ether oxygens (including phenoxy) is 1. The van der Waals surface area contributed by atoms with Crippen LogP contribution in [0.15, 0.2) is 23.0 Å². The van der Waals surface area contributed by atoms with Gasteiger partial charge in [-0.3, -0.25) is 9.69 Å². The molecule has 2 aromatic rings. The fourth-order valence-electron chi connectivity index (χ4n) is 2.35. The number of aromatic amines is 1. The molecule has 0 amide bonds. The van der Waals surface area contributed by atoms with Crippen molar-refractivity contribution in [1.82, 2.24) is 14.9 Å². The van der Waals surface area contributed by atoms with Gasteiger partial charge in [-0.1, -0.05) is 0 Å². The highest BCUT2D eigenvalue weighted by Crippen LogP contribution is 2.17. The van der Waals surface area contributed by atoms with Crippen molar-refractivity contribution in [2.45, 2.75) is 6.54 Å². The molecule has 1 fully saturated rings. The number of morpholine rings is 1. The number of hydrogen-bond donors (Lipinski definition) is 2. The van der Waals surface area contributed by atoms with Gasteiger partial charge in [-0.05, 0) is 17.7 Å². The maximum absolute atomic E-state index is 11.7. The third-order valence-corrected chi connectivity index (χ3v) is 3.31. The minimum Gasteiger partial charge on any atom is -0.384 e. The van der Waals surface area contributed by atoms with Crippen molar-refractivity contribution < 1.29 is 4.74 Å². The predicted octanol–water partition coefficient (Wildman–Crippen LogP) is 0.337. The fraction of sp³-hybridized carbons (Fsp3) is 0.385. The molecule has 0 bridgehead atoms. The van der Waals surface area contributed by atoms with E-state index in [0.717, 1.165) is 43.8 Å². The van der Waals surface area contributed by atoms with Crippen molar-refractivity contribution in [3.05, 3.63) is 34.1 Å². The zero-order chi connectivity index (χ0) is 13.2. The number of fused-ring (bicyclic) bond motifs is 1. The summed E-state index contributed by atoms with van der Waals surface area (Å²) in [5.41, 5.74) is 7.04. The molecule has 0 radical (unpaired) electrons. The Bertz CT molecular complexity index is 647. The van der Waals surface area contributed by atoms with Crippen molar-refractivity contribution in [1.29, 1.82) is 0 Å². The molecule has 1 aliphatic rings. The van der Waals surface area contributed by atoms with Crippen LogP contribution in [0, 0.1) is 0 Å². The summed E-state index contributed by atoms with van der Waals surface area (Å²) in [4.78, 5) is 20.8. The maximum atomic E-state index is 11.7. The molecule has 6 heteroatoms. The quantitative estimate of drug-likeness (QED) is 0.813. The minimum absolute atomic E-state index is 0.145. The first kappa shape index (κ1) is 12.1. The summed E-state index contributed by atoms with van der Waals surface area (Å²) in [5.74, 6) is 0.409. The normalized spacial score (nSPS) is 16.8. The van der Waals surface area contributed by atoms with Gasteiger partial charge < -0.3 is 15.5 Å². The lowest BCUT2D eigenvalue weighted by molar-refractivity contribution is 0.0343. The number of hydrogen-bond acceptors (Lipinski definition) is 5. The molecule has 2 aromatic heterocycles. The van der Waals surface area contributed by atoms with E-state index in [2.05, 4.69) is 14.9 Å². The van der Waals surface area contributed by atoms with Crippen LogP contribution in [-0.2, 0) is 11.3 Å². The van der Waals surface area contributed by atoms with E-state index in [0.29, 0.717) is 11.5 Å². The molecule has 0 spiro atoms. The average molecular weight is 260 g/mol. The minimum atomic E-state index is -0.145. The number of aromatic nitrogens is 2. The summed E-state index contributed by atoms with van der Waals surface area (Å²) in [6, 6.07) is 5.29. The number of H-pyrrole nitrogens is 1. The number of pyridine rings is 2. The molecule has 3 N–H and O–H groups in total. The lowest BCUT2D eigenvalue weighted by atomic mass is 10.1. The first-order valence-corrected chi connectivity index (χ1v) is 6.31. The van der Waals surface area contributed by atoms with Crippen molar-refractivity contribution in [3.63, 3.8) is 0 Å². The molecule has 1 aliphatic heterocycles. The number of nitrogens with two attached hydrogens (primary N) is 1. The summed E-state index contributed by atoms with van der Waals surface area (Å²) < 4.78 is 5.33. The third-order valence-electron chi connectivity index (χ3n) is 3.31. The van der Waals surface area contributed by atoms with Gasteiger partial charge >= 0.3 is 0 Å². The highest BCUT2D eigenvalue weighted by molar-refractivity contribution is 5.79. The predicted molar refractivity (Wildman–Crippen MR) is 72.9 cm³/mol. The second-order valence-electron chi connectivity index (χ2n) is 4.68. The SMILES string of the molecule is Nc1ccc2c(CN3CCOCC3)cc(=O)[nH]c2n1. The second-order valence-corrected chi connectivity index (χ2v) is 4.68. The van der Waals surface area contributed by atoms with E-state index in [9.17, 15) is 4.79 Å². The average Bonchev–Trinajstić information content (AvgIpc) is 2.39. The van der Waals surface area contributed by atoms with Crippen molar-refractivity contribution in [2.24, 2.45) is 0 Å². The molecule has 3 rings (SSSR count). The number of nitrogens with zero attached hydrogens (tertiary/aromatic N) is 2. The van der Waals surface area contributed by atoms with Crippen molar-refractivity contribution >= 4 is 16.9 Å². The molecule has 0 unspecified atom stereocenters. The number of anilines is 1. The Kier molecular flexibility index (Phi) is 3.18. The Morgan fingerprint density at radius 2 is 2.16 bits per heavy atom. The van der Waals surface area contributed by atoms with Crippen LogP contribution in [0.1, 0.15) is 5.56 Å². The van der Waals surface area contributed by atoms with E-state index in [4.69, 9.17) is 10.5 Å². The Hall–Kier alpha value is -1.92. The smallest absolute Gasteiger partial charge is 0.249 e. The molecule has 0 aromatic carbocycles. The zero-order valence-electron chi connectivity index (χ0n) is 10.6. The molecular weight excluding hydrogens is 244 g/mol. The summed E-state index contributed by atoms with van der Waals surface area (Å²) in [6.45, 7) is 3.99. The van der Waals surface area contributed by atoms with Gasteiger partial charge in [0.25, 0.3) is 0 Å². The van der Waals surface area contributed by atoms with Gasteiger partial charge in [0.1, 0.15) is 11.5 Å². The van der Waals surface area contributed by atoms with Gasteiger partial charge in [-0.2, -0.15) is 0 Å². The largest absolute Gasteiger partial charge is 0.384 e. The maximum Gasteiger partial charge on any atom is 0.249 e. The Morgan fingerprint density at radius 3 is 2.95 bits per heavy atom. The van der Waals surface area contributed by atoms with Gasteiger partial charge in [-0.15, -0.1) is 0 Å². The van der Waals surface area contributed by atoms with Crippen LogP contribution in [0.2, 0.25) is 0 Å².